The van der Waals surface area contributed by atoms with E-state index in [9.17, 15) is 4.79 Å². The molecule has 1 aromatic rings. The number of hydrogen-bond donors (Lipinski definition) is 0. The van der Waals surface area contributed by atoms with E-state index >= 15 is 0 Å². The van der Waals surface area contributed by atoms with Gasteiger partial charge in [0.15, 0.2) is 5.78 Å². The first-order valence-corrected chi connectivity index (χ1v) is 5.48. The van der Waals surface area contributed by atoms with E-state index in [1.165, 1.54) is 0 Å². The molecule has 1 spiro atoms. The number of Topliss-reactive ketones (excluding diaryl/α,β-unsaturated/α-hetero) is 1. The van der Waals surface area contributed by atoms with Crippen molar-refractivity contribution in [3.8, 4) is 5.75 Å². The zero-order valence-corrected chi connectivity index (χ0v) is 9.13. The SMILES string of the molecule is O=C1c2ccc(Br)cc2OCC12CC2. The van der Waals surface area contributed by atoms with E-state index in [1.54, 1.807) is 0 Å². The molecule has 72 valence electrons. The van der Waals surface area contributed by atoms with Crippen LogP contribution in [0.5, 0.6) is 5.75 Å². The van der Waals surface area contributed by atoms with Crippen LogP contribution in [0.3, 0.4) is 0 Å². The highest BCUT2D eigenvalue weighted by atomic mass is 79.9. The number of rotatable bonds is 0. The van der Waals surface area contributed by atoms with Crippen molar-refractivity contribution in [1.82, 2.24) is 0 Å². The summed E-state index contributed by atoms with van der Waals surface area (Å²) in [5.74, 6) is 0.994. The summed E-state index contributed by atoms with van der Waals surface area (Å²) in [4.78, 5) is 12.0. The van der Waals surface area contributed by atoms with Gasteiger partial charge in [-0.3, -0.25) is 4.79 Å². The van der Waals surface area contributed by atoms with E-state index < -0.39 is 0 Å². The fourth-order valence-corrected chi connectivity index (χ4v) is 2.23. The van der Waals surface area contributed by atoms with Gasteiger partial charge in [-0.1, -0.05) is 15.9 Å². The lowest BCUT2D eigenvalue weighted by Crippen LogP contribution is -2.29. The van der Waals surface area contributed by atoms with Gasteiger partial charge < -0.3 is 4.74 Å². The molecule has 0 radical (unpaired) electrons. The summed E-state index contributed by atoms with van der Waals surface area (Å²) in [7, 11) is 0. The normalized spacial score (nSPS) is 21.6. The Balaban J connectivity index is 2.12. The summed E-state index contributed by atoms with van der Waals surface area (Å²) in [6.45, 7) is 0.565. The summed E-state index contributed by atoms with van der Waals surface area (Å²) >= 11 is 3.36. The maximum Gasteiger partial charge on any atom is 0.176 e. The molecule has 0 aromatic heterocycles. The smallest absolute Gasteiger partial charge is 0.176 e. The average molecular weight is 253 g/mol. The maximum atomic E-state index is 12.0. The highest BCUT2D eigenvalue weighted by Crippen LogP contribution is 2.52. The summed E-state index contributed by atoms with van der Waals surface area (Å²) in [5, 5.41) is 0. The Morgan fingerprint density at radius 1 is 1.36 bits per heavy atom. The molecule has 0 amide bonds. The average Bonchev–Trinajstić information content (AvgIpc) is 2.93. The van der Waals surface area contributed by atoms with E-state index in [0.29, 0.717) is 6.61 Å². The largest absolute Gasteiger partial charge is 0.492 e. The Labute approximate surface area is 90.4 Å². The van der Waals surface area contributed by atoms with Gasteiger partial charge in [0.2, 0.25) is 0 Å². The number of halogens is 1. The second-order valence-corrected chi connectivity index (χ2v) is 4.95. The minimum Gasteiger partial charge on any atom is -0.492 e. The van der Waals surface area contributed by atoms with Crippen molar-refractivity contribution in [1.29, 1.82) is 0 Å². The van der Waals surface area contributed by atoms with Crippen LogP contribution in [0.15, 0.2) is 22.7 Å². The number of carbonyl (C=O) groups excluding carboxylic acids is 1. The number of fused-ring (bicyclic) bond motifs is 1. The fraction of sp³-hybridized carbons (Fsp3) is 0.364. The van der Waals surface area contributed by atoms with Crippen molar-refractivity contribution in [2.24, 2.45) is 5.41 Å². The molecular formula is C11H9BrO2. The topological polar surface area (TPSA) is 26.3 Å². The minimum absolute atomic E-state index is 0.152. The number of ketones is 1. The Morgan fingerprint density at radius 3 is 2.86 bits per heavy atom. The molecule has 1 saturated carbocycles. The lowest BCUT2D eigenvalue weighted by Gasteiger charge is -2.23. The Kier molecular flexibility index (Phi) is 1.57. The molecule has 3 rings (SSSR count). The molecule has 0 bridgehead atoms. The van der Waals surface area contributed by atoms with Crippen LogP contribution in [0.1, 0.15) is 23.2 Å². The number of ether oxygens (including phenoxy) is 1. The van der Waals surface area contributed by atoms with Gasteiger partial charge >= 0.3 is 0 Å². The molecule has 1 aromatic carbocycles. The predicted molar refractivity (Wildman–Crippen MR) is 55.6 cm³/mol. The molecule has 1 aliphatic carbocycles. The van der Waals surface area contributed by atoms with Crippen LogP contribution in [-0.4, -0.2) is 12.4 Å². The molecule has 2 aliphatic rings. The lowest BCUT2D eigenvalue weighted by molar-refractivity contribution is 0.0798. The highest BCUT2D eigenvalue weighted by Gasteiger charge is 2.53. The third kappa shape index (κ3) is 1.05. The monoisotopic (exact) mass is 252 g/mol. The van der Waals surface area contributed by atoms with Gasteiger partial charge in [0.25, 0.3) is 0 Å². The second-order valence-electron chi connectivity index (χ2n) is 4.04. The van der Waals surface area contributed by atoms with Crippen molar-refractivity contribution >= 4 is 21.7 Å². The zero-order chi connectivity index (χ0) is 9.76. The van der Waals surface area contributed by atoms with Gasteiger partial charge in [-0.05, 0) is 31.0 Å². The fourth-order valence-electron chi connectivity index (χ4n) is 1.89. The van der Waals surface area contributed by atoms with Crippen LogP contribution >= 0.6 is 15.9 Å². The summed E-state index contributed by atoms with van der Waals surface area (Å²) in [5.41, 5.74) is 0.595. The van der Waals surface area contributed by atoms with Crippen molar-refractivity contribution in [3.63, 3.8) is 0 Å². The molecule has 3 heteroatoms. The van der Waals surface area contributed by atoms with Crippen LogP contribution in [0, 0.1) is 5.41 Å². The van der Waals surface area contributed by atoms with Gasteiger partial charge in [0.05, 0.1) is 11.0 Å². The molecule has 0 saturated heterocycles. The second kappa shape index (κ2) is 2.60. The van der Waals surface area contributed by atoms with Crippen molar-refractivity contribution < 1.29 is 9.53 Å². The van der Waals surface area contributed by atoms with E-state index in [4.69, 9.17) is 4.74 Å². The zero-order valence-electron chi connectivity index (χ0n) is 7.55. The standard InChI is InChI=1S/C11H9BrO2/c12-7-1-2-8-9(5-7)14-6-11(3-4-11)10(8)13/h1-2,5H,3-4,6H2. The first-order valence-electron chi connectivity index (χ1n) is 4.68. The first-order chi connectivity index (χ1) is 6.71. The Morgan fingerprint density at radius 2 is 2.14 bits per heavy atom. The highest BCUT2D eigenvalue weighted by molar-refractivity contribution is 9.10. The maximum absolute atomic E-state index is 12.0. The molecular weight excluding hydrogens is 244 g/mol. The quantitative estimate of drug-likeness (QED) is 0.710. The summed E-state index contributed by atoms with van der Waals surface area (Å²) in [6, 6.07) is 5.60. The van der Waals surface area contributed by atoms with Crippen LogP contribution in [0.25, 0.3) is 0 Å². The van der Waals surface area contributed by atoms with E-state index in [1.807, 2.05) is 18.2 Å². The molecule has 0 unspecified atom stereocenters. The van der Waals surface area contributed by atoms with Crippen LogP contribution in [0.4, 0.5) is 0 Å². The van der Waals surface area contributed by atoms with Gasteiger partial charge in [-0.25, -0.2) is 0 Å². The molecule has 2 nitrogen and oxygen atoms in total. The minimum atomic E-state index is -0.152. The Hall–Kier alpha value is -0.830. The van der Waals surface area contributed by atoms with E-state index in [-0.39, 0.29) is 11.2 Å². The summed E-state index contributed by atoms with van der Waals surface area (Å²) in [6.07, 6.45) is 1.97. The third-order valence-corrected chi connectivity index (χ3v) is 3.52. The molecule has 1 fully saturated rings. The number of carbonyl (C=O) groups is 1. The van der Waals surface area contributed by atoms with Gasteiger partial charge in [-0.15, -0.1) is 0 Å². The molecule has 14 heavy (non-hydrogen) atoms. The van der Waals surface area contributed by atoms with Gasteiger partial charge in [-0.2, -0.15) is 0 Å². The molecule has 0 atom stereocenters. The van der Waals surface area contributed by atoms with E-state index in [0.717, 1.165) is 28.6 Å². The lowest BCUT2D eigenvalue weighted by atomic mass is 9.92. The van der Waals surface area contributed by atoms with E-state index in [2.05, 4.69) is 15.9 Å². The van der Waals surface area contributed by atoms with Crippen LogP contribution in [0.2, 0.25) is 0 Å². The number of hydrogen-bond acceptors (Lipinski definition) is 2. The first kappa shape index (κ1) is 8.48. The van der Waals surface area contributed by atoms with Crippen molar-refractivity contribution in [3.05, 3.63) is 28.2 Å². The van der Waals surface area contributed by atoms with Crippen molar-refractivity contribution in [2.45, 2.75) is 12.8 Å². The van der Waals surface area contributed by atoms with Crippen molar-refractivity contribution in [2.75, 3.05) is 6.61 Å². The molecule has 0 N–H and O–H groups in total. The van der Waals surface area contributed by atoms with Gasteiger partial charge in [0.1, 0.15) is 12.4 Å². The summed E-state index contributed by atoms with van der Waals surface area (Å²) < 4.78 is 6.56. The van der Waals surface area contributed by atoms with Crippen LogP contribution in [-0.2, 0) is 0 Å². The predicted octanol–water partition coefficient (Wildman–Crippen LogP) is 2.80. The number of benzene rings is 1. The van der Waals surface area contributed by atoms with Crippen LogP contribution < -0.4 is 4.74 Å². The molecule has 1 aliphatic heterocycles. The molecule has 1 heterocycles. The van der Waals surface area contributed by atoms with Gasteiger partial charge in [0, 0.05) is 4.47 Å². The Bertz CT molecular complexity index is 421. The third-order valence-electron chi connectivity index (χ3n) is 3.03.